The highest BCUT2D eigenvalue weighted by Crippen LogP contribution is 2.25. The van der Waals surface area contributed by atoms with Crippen molar-refractivity contribution in [2.75, 3.05) is 0 Å². The summed E-state index contributed by atoms with van der Waals surface area (Å²) in [5.74, 6) is 1.84. The normalized spacial score (nSPS) is 13.2. The van der Waals surface area contributed by atoms with Crippen LogP contribution in [0.2, 0.25) is 0 Å². The Labute approximate surface area is 122 Å². The van der Waals surface area contributed by atoms with Gasteiger partial charge in [-0.05, 0) is 32.3 Å². The van der Waals surface area contributed by atoms with Crippen LogP contribution in [0.3, 0.4) is 0 Å². The fraction of sp³-hybridized carbons (Fsp3) is 0.556. The van der Waals surface area contributed by atoms with Gasteiger partial charge in [-0.1, -0.05) is 44.9 Å². The van der Waals surface area contributed by atoms with Gasteiger partial charge in [-0.25, -0.2) is 0 Å². The molecule has 0 aliphatic rings. The number of benzene rings is 1. The molecule has 0 spiro atoms. The van der Waals surface area contributed by atoms with E-state index in [0.717, 1.165) is 23.8 Å². The molecule has 0 amide bonds. The number of fused-ring (bicyclic) bond motifs is 1. The molecule has 1 heterocycles. The lowest BCUT2D eigenvalue weighted by Gasteiger charge is -2.14. The minimum atomic E-state index is 0.557. The molecule has 2 heteroatoms. The zero-order chi connectivity index (χ0) is 14.5. The number of para-hydroxylation sites is 1. The first kappa shape index (κ1) is 15.1. The largest absolute Gasteiger partial charge is 0.461 e. The van der Waals surface area contributed by atoms with E-state index in [0.29, 0.717) is 6.04 Å². The summed E-state index contributed by atoms with van der Waals surface area (Å²) in [4.78, 5) is 0. The number of hydrogen-bond acceptors (Lipinski definition) is 2. The first-order valence-electron chi connectivity index (χ1n) is 7.78. The average Bonchev–Trinajstić information content (AvgIpc) is 2.71. The van der Waals surface area contributed by atoms with E-state index in [1.54, 1.807) is 0 Å². The van der Waals surface area contributed by atoms with Gasteiger partial charge in [-0.3, -0.25) is 0 Å². The quantitative estimate of drug-likeness (QED) is 0.764. The third-order valence-corrected chi connectivity index (χ3v) is 3.95. The highest BCUT2D eigenvalue weighted by Gasteiger charge is 2.11. The van der Waals surface area contributed by atoms with Gasteiger partial charge in [0, 0.05) is 23.5 Å². The standard InChI is InChI=1S/C18H27NO/c1-13(2)8-7-9-14(3)19-12-17-15(4)20-18-11-6-5-10-16(17)18/h5-6,10-11,13-14,19H,7-9,12H2,1-4H3. The van der Waals surface area contributed by atoms with Gasteiger partial charge in [0.05, 0.1) is 0 Å². The Balaban J connectivity index is 1.90. The monoisotopic (exact) mass is 273 g/mol. The van der Waals surface area contributed by atoms with E-state index in [1.807, 2.05) is 12.1 Å². The predicted octanol–water partition coefficient (Wildman–Crippen LogP) is 5.05. The molecule has 2 aromatic rings. The Morgan fingerprint density at radius 2 is 1.85 bits per heavy atom. The molecule has 0 aliphatic heterocycles. The molecule has 2 rings (SSSR count). The van der Waals surface area contributed by atoms with Gasteiger partial charge in [0.15, 0.2) is 0 Å². The molecule has 2 nitrogen and oxygen atoms in total. The summed E-state index contributed by atoms with van der Waals surface area (Å²) in [5, 5.41) is 4.87. The summed E-state index contributed by atoms with van der Waals surface area (Å²) in [6.07, 6.45) is 3.86. The molecule has 0 aliphatic carbocycles. The second-order valence-electron chi connectivity index (χ2n) is 6.24. The molecule has 1 unspecified atom stereocenters. The minimum Gasteiger partial charge on any atom is -0.461 e. The van der Waals surface area contributed by atoms with Crippen molar-refractivity contribution in [1.82, 2.24) is 5.32 Å². The molecule has 0 radical (unpaired) electrons. The van der Waals surface area contributed by atoms with Crippen molar-refractivity contribution in [3.8, 4) is 0 Å². The molecular formula is C18H27NO. The second kappa shape index (κ2) is 6.94. The maximum Gasteiger partial charge on any atom is 0.134 e. The Morgan fingerprint density at radius 1 is 1.10 bits per heavy atom. The van der Waals surface area contributed by atoms with Gasteiger partial charge in [-0.15, -0.1) is 0 Å². The smallest absolute Gasteiger partial charge is 0.134 e. The number of nitrogens with one attached hydrogen (secondary N) is 1. The van der Waals surface area contributed by atoms with Gasteiger partial charge in [-0.2, -0.15) is 0 Å². The van der Waals surface area contributed by atoms with Crippen LogP contribution in [-0.4, -0.2) is 6.04 Å². The van der Waals surface area contributed by atoms with Gasteiger partial charge in [0.25, 0.3) is 0 Å². The average molecular weight is 273 g/mol. The molecule has 1 atom stereocenters. The van der Waals surface area contributed by atoms with Gasteiger partial charge >= 0.3 is 0 Å². The van der Waals surface area contributed by atoms with Crippen molar-refractivity contribution >= 4 is 11.0 Å². The van der Waals surface area contributed by atoms with E-state index >= 15 is 0 Å². The van der Waals surface area contributed by atoms with Crippen LogP contribution in [0.15, 0.2) is 28.7 Å². The van der Waals surface area contributed by atoms with Crippen molar-refractivity contribution in [2.24, 2.45) is 5.92 Å². The Bertz CT molecular complexity index is 541. The maximum absolute atomic E-state index is 5.80. The van der Waals surface area contributed by atoms with E-state index < -0.39 is 0 Å². The van der Waals surface area contributed by atoms with E-state index in [1.165, 1.54) is 30.2 Å². The lowest BCUT2D eigenvalue weighted by Crippen LogP contribution is -2.25. The summed E-state index contributed by atoms with van der Waals surface area (Å²) in [6, 6.07) is 8.84. The number of aryl methyl sites for hydroxylation is 1. The fourth-order valence-electron chi connectivity index (χ4n) is 2.65. The fourth-order valence-corrected chi connectivity index (χ4v) is 2.65. The zero-order valence-corrected chi connectivity index (χ0v) is 13.2. The first-order chi connectivity index (χ1) is 9.58. The minimum absolute atomic E-state index is 0.557. The van der Waals surface area contributed by atoms with Crippen LogP contribution in [0.4, 0.5) is 0 Å². The molecule has 110 valence electrons. The summed E-state index contributed by atoms with van der Waals surface area (Å²) < 4.78 is 5.80. The van der Waals surface area contributed by atoms with E-state index in [-0.39, 0.29) is 0 Å². The van der Waals surface area contributed by atoms with Crippen LogP contribution in [0.25, 0.3) is 11.0 Å². The Kier molecular flexibility index (Phi) is 5.24. The number of rotatable bonds is 7. The summed E-state index contributed by atoms with van der Waals surface area (Å²) in [5.41, 5.74) is 2.30. The molecule has 1 aromatic heterocycles. The highest BCUT2D eigenvalue weighted by molar-refractivity contribution is 5.82. The van der Waals surface area contributed by atoms with Gasteiger partial charge < -0.3 is 9.73 Å². The van der Waals surface area contributed by atoms with Crippen LogP contribution < -0.4 is 5.32 Å². The molecule has 1 aromatic carbocycles. The van der Waals surface area contributed by atoms with Crippen LogP contribution in [0, 0.1) is 12.8 Å². The third-order valence-electron chi connectivity index (χ3n) is 3.95. The molecule has 20 heavy (non-hydrogen) atoms. The Hall–Kier alpha value is -1.28. The molecule has 1 N–H and O–H groups in total. The SMILES string of the molecule is Cc1oc2ccccc2c1CNC(C)CCCC(C)C. The van der Waals surface area contributed by atoms with Crippen molar-refractivity contribution < 1.29 is 4.42 Å². The first-order valence-corrected chi connectivity index (χ1v) is 7.78. The van der Waals surface area contributed by atoms with Crippen molar-refractivity contribution in [3.05, 3.63) is 35.6 Å². The Morgan fingerprint density at radius 3 is 2.60 bits per heavy atom. The highest BCUT2D eigenvalue weighted by atomic mass is 16.3. The van der Waals surface area contributed by atoms with E-state index in [9.17, 15) is 0 Å². The zero-order valence-electron chi connectivity index (χ0n) is 13.2. The summed E-state index contributed by atoms with van der Waals surface area (Å²) >= 11 is 0. The summed E-state index contributed by atoms with van der Waals surface area (Å²) in [6.45, 7) is 9.81. The van der Waals surface area contributed by atoms with Gasteiger partial charge in [0.2, 0.25) is 0 Å². The molecule has 0 saturated carbocycles. The van der Waals surface area contributed by atoms with Crippen LogP contribution >= 0.6 is 0 Å². The second-order valence-corrected chi connectivity index (χ2v) is 6.24. The van der Waals surface area contributed by atoms with Crippen LogP contribution in [-0.2, 0) is 6.54 Å². The molecular weight excluding hydrogens is 246 g/mol. The summed E-state index contributed by atoms with van der Waals surface area (Å²) in [7, 11) is 0. The van der Waals surface area contributed by atoms with Crippen molar-refractivity contribution in [1.29, 1.82) is 0 Å². The van der Waals surface area contributed by atoms with Crippen LogP contribution in [0.5, 0.6) is 0 Å². The van der Waals surface area contributed by atoms with Crippen molar-refractivity contribution in [2.45, 2.75) is 59.5 Å². The maximum atomic E-state index is 5.80. The third kappa shape index (κ3) is 3.86. The molecule has 0 bridgehead atoms. The lowest BCUT2D eigenvalue weighted by atomic mass is 10.0. The lowest BCUT2D eigenvalue weighted by molar-refractivity contribution is 0.455. The van der Waals surface area contributed by atoms with Crippen LogP contribution in [0.1, 0.15) is 51.4 Å². The molecule has 0 fully saturated rings. The number of furan rings is 1. The molecule has 0 saturated heterocycles. The van der Waals surface area contributed by atoms with Gasteiger partial charge in [0.1, 0.15) is 11.3 Å². The van der Waals surface area contributed by atoms with Crippen molar-refractivity contribution in [3.63, 3.8) is 0 Å². The number of hydrogen-bond donors (Lipinski definition) is 1. The topological polar surface area (TPSA) is 25.2 Å². The van der Waals surface area contributed by atoms with E-state index in [2.05, 4.69) is 45.1 Å². The predicted molar refractivity (Wildman–Crippen MR) is 85.9 cm³/mol. The van der Waals surface area contributed by atoms with E-state index in [4.69, 9.17) is 4.42 Å².